The van der Waals surface area contributed by atoms with Crippen LogP contribution in [0.3, 0.4) is 0 Å². The first-order chi connectivity index (χ1) is 14.5. The van der Waals surface area contributed by atoms with E-state index in [-0.39, 0.29) is 18.2 Å². The molecule has 3 aliphatic heterocycles. The Labute approximate surface area is 178 Å². The van der Waals surface area contributed by atoms with Gasteiger partial charge in [-0.05, 0) is 56.3 Å². The number of cyclic esters (lactones) is 1. The molecule has 1 amide bonds. The molecule has 0 saturated carbocycles. The SMILES string of the molecule is CC(C)[C@H]1COC(=O)N1CCC1CCN(C[C@H]2COc3ccc(C#N)cc3O2)CC1. The molecule has 3 aliphatic rings. The van der Waals surface area contributed by atoms with E-state index in [1.165, 1.54) is 0 Å². The fourth-order valence-corrected chi connectivity index (χ4v) is 4.62. The van der Waals surface area contributed by atoms with Crippen molar-refractivity contribution in [3.8, 4) is 17.6 Å². The van der Waals surface area contributed by atoms with Gasteiger partial charge in [0.15, 0.2) is 11.5 Å². The van der Waals surface area contributed by atoms with Crippen LogP contribution in [0.2, 0.25) is 0 Å². The van der Waals surface area contributed by atoms with Gasteiger partial charge >= 0.3 is 6.09 Å². The molecule has 2 fully saturated rings. The van der Waals surface area contributed by atoms with E-state index in [4.69, 9.17) is 19.5 Å². The first-order valence-electron chi connectivity index (χ1n) is 11.0. The summed E-state index contributed by atoms with van der Waals surface area (Å²) in [7, 11) is 0. The van der Waals surface area contributed by atoms with Crippen molar-refractivity contribution in [1.82, 2.24) is 9.80 Å². The fraction of sp³-hybridized carbons (Fsp3) is 0.652. The van der Waals surface area contributed by atoms with E-state index in [0.717, 1.165) is 45.4 Å². The zero-order chi connectivity index (χ0) is 21.1. The van der Waals surface area contributed by atoms with E-state index in [2.05, 4.69) is 24.8 Å². The molecule has 0 bridgehead atoms. The molecular formula is C23H31N3O4. The van der Waals surface area contributed by atoms with Crippen LogP contribution in [0, 0.1) is 23.2 Å². The van der Waals surface area contributed by atoms with Crippen LogP contribution in [0.15, 0.2) is 18.2 Å². The van der Waals surface area contributed by atoms with Gasteiger partial charge < -0.3 is 19.1 Å². The van der Waals surface area contributed by atoms with Gasteiger partial charge in [0, 0.05) is 19.2 Å². The summed E-state index contributed by atoms with van der Waals surface area (Å²) in [6.07, 6.45) is 3.14. The summed E-state index contributed by atoms with van der Waals surface area (Å²) in [6, 6.07) is 7.66. The lowest BCUT2D eigenvalue weighted by atomic mass is 9.92. The van der Waals surface area contributed by atoms with Crippen LogP contribution in [-0.2, 0) is 4.74 Å². The Morgan fingerprint density at radius 1 is 1.17 bits per heavy atom. The van der Waals surface area contributed by atoms with E-state index in [1.54, 1.807) is 18.2 Å². The number of hydrogen-bond acceptors (Lipinski definition) is 6. The number of fused-ring (bicyclic) bond motifs is 1. The number of ether oxygens (including phenoxy) is 3. The summed E-state index contributed by atoms with van der Waals surface area (Å²) in [5, 5.41) is 9.08. The van der Waals surface area contributed by atoms with Crippen molar-refractivity contribution in [2.24, 2.45) is 11.8 Å². The number of nitriles is 1. The van der Waals surface area contributed by atoms with E-state index < -0.39 is 0 Å². The maximum absolute atomic E-state index is 12.0. The van der Waals surface area contributed by atoms with Gasteiger partial charge in [0.25, 0.3) is 0 Å². The Bertz CT molecular complexity index is 798. The molecule has 0 radical (unpaired) electrons. The molecule has 0 unspecified atom stereocenters. The minimum Gasteiger partial charge on any atom is -0.486 e. The molecular weight excluding hydrogens is 382 g/mol. The van der Waals surface area contributed by atoms with Gasteiger partial charge in [-0.25, -0.2) is 4.79 Å². The van der Waals surface area contributed by atoms with Gasteiger partial charge in [-0.15, -0.1) is 0 Å². The summed E-state index contributed by atoms with van der Waals surface area (Å²) < 4.78 is 17.2. The molecule has 0 aromatic heterocycles. The number of piperidine rings is 1. The minimum atomic E-state index is -0.152. The lowest BCUT2D eigenvalue weighted by Crippen LogP contribution is -2.44. The zero-order valence-corrected chi connectivity index (χ0v) is 17.9. The molecule has 2 atom stereocenters. The third kappa shape index (κ3) is 4.65. The van der Waals surface area contributed by atoms with Crippen LogP contribution in [-0.4, -0.2) is 67.4 Å². The van der Waals surface area contributed by atoms with Gasteiger partial charge in [-0.1, -0.05) is 13.8 Å². The summed E-state index contributed by atoms with van der Waals surface area (Å²) in [5.74, 6) is 2.44. The number of carbonyl (C=O) groups excluding carboxylic acids is 1. The van der Waals surface area contributed by atoms with Crippen LogP contribution < -0.4 is 9.47 Å². The Balaban J connectivity index is 1.22. The molecule has 0 spiro atoms. The average Bonchev–Trinajstić information content (AvgIpc) is 3.13. The van der Waals surface area contributed by atoms with Gasteiger partial charge in [-0.3, -0.25) is 4.90 Å². The minimum absolute atomic E-state index is 0.0193. The van der Waals surface area contributed by atoms with Crippen LogP contribution >= 0.6 is 0 Å². The quantitative estimate of drug-likeness (QED) is 0.713. The van der Waals surface area contributed by atoms with Gasteiger partial charge in [-0.2, -0.15) is 5.26 Å². The fourth-order valence-electron chi connectivity index (χ4n) is 4.62. The second-order valence-corrected chi connectivity index (χ2v) is 8.94. The largest absolute Gasteiger partial charge is 0.486 e. The summed E-state index contributed by atoms with van der Waals surface area (Å²) in [4.78, 5) is 16.4. The molecule has 30 heavy (non-hydrogen) atoms. The monoisotopic (exact) mass is 413 g/mol. The topological polar surface area (TPSA) is 75.0 Å². The van der Waals surface area contributed by atoms with E-state index in [0.29, 0.717) is 42.1 Å². The first kappa shape index (κ1) is 20.8. The highest BCUT2D eigenvalue weighted by Crippen LogP contribution is 2.33. The van der Waals surface area contributed by atoms with Gasteiger partial charge in [0.2, 0.25) is 0 Å². The van der Waals surface area contributed by atoms with E-state index in [1.807, 2.05) is 4.90 Å². The van der Waals surface area contributed by atoms with Gasteiger partial charge in [0.05, 0.1) is 17.7 Å². The number of rotatable bonds is 6. The van der Waals surface area contributed by atoms with Crippen LogP contribution in [0.5, 0.6) is 11.5 Å². The number of nitrogens with zero attached hydrogens (tertiary/aromatic N) is 3. The highest BCUT2D eigenvalue weighted by Gasteiger charge is 2.35. The first-order valence-corrected chi connectivity index (χ1v) is 11.0. The molecule has 1 aromatic rings. The molecule has 162 valence electrons. The second kappa shape index (κ2) is 9.13. The number of benzene rings is 1. The lowest BCUT2D eigenvalue weighted by molar-refractivity contribution is 0.0464. The highest BCUT2D eigenvalue weighted by molar-refractivity contribution is 5.70. The van der Waals surface area contributed by atoms with Crippen LogP contribution in [0.4, 0.5) is 4.79 Å². The Hall–Kier alpha value is -2.46. The molecule has 1 aromatic carbocycles. The third-order valence-electron chi connectivity index (χ3n) is 6.52. The van der Waals surface area contributed by atoms with Crippen molar-refractivity contribution >= 4 is 6.09 Å². The number of amides is 1. The molecule has 7 nitrogen and oxygen atoms in total. The predicted molar refractivity (Wildman–Crippen MR) is 112 cm³/mol. The van der Waals surface area contributed by atoms with Crippen molar-refractivity contribution < 1.29 is 19.0 Å². The van der Waals surface area contributed by atoms with Gasteiger partial charge in [0.1, 0.15) is 19.3 Å². The average molecular weight is 414 g/mol. The van der Waals surface area contributed by atoms with Crippen molar-refractivity contribution in [2.45, 2.75) is 45.3 Å². The molecule has 2 saturated heterocycles. The van der Waals surface area contributed by atoms with E-state index in [9.17, 15) is 4.79 Å². The molecule has 0 aliphatic carbocycles. The molecule has 7 heteroatoms. The Morgan fingerprint density at radius 2 is 1.97 bits per heavy atom. The number of likely N-dealkylation sites (tertiary alicyclic amines) is 1. The number of carbonyl (C=O) groups is 1. The molecule has 4 rings (SSSR count). The molecule has 0 N–H and O–H groups in total. The summed E-state index contributed by atoms with van der Waals surface area (Å²) in [5.41, 5.74) is 0.584. The predicted octanol–water partition coefficient (Wildman–Crippen LogP) is 3.28. The van der Waals surface area contributed by atoms with Crippen molar-refractivity contribution in [1.29, 1.82) is 5.26 Å². The molecule has 3 heterocycles. The Morgan fingerprint density at radius 3 is 2.70 bits per heavy atom. The highest BCUT2D eigenvalue weighted by atomic mass is 16.6. The smallest absolute Gasteiger partial charge is 0.410 e. The summed E-state index contributed by atoms with van der Waals surface area (Å²) >= 11 is 0. The standard InChI is InChI=1S/C23H31N3O4/c1-16(2)20-15-29-23(27)26(20)10-7-17-5-8-25(9-6-17)13-19-14-28-21-4-3-18(12-24)11-22(21)30-19/h3-4,11,16-17,19-20H,5-10,13-15H2,1-2H3/t19-,20+/m0/s1. The van der Waals surface area contributed by atoms with E-state index >= 15 is 0 Å². The number of hydrogen-bond donors (Lipinski definition) is 0. The Kier molecular flexibility index (Phi) is 6.33. The lowest BCUT2D eigenvalue weighted by Gasteiger charge is -2.36. The third-order valence-corrected chi connectivity index (χ3v) is 6.52. The second-order valence-electron chi connectivity index (χ2n) is 8.94. The van der Waals surface area contributed by atoms with Crippen molar-refractivity contribution in [3.63, 3.8) is 0 Å². The maximum Gasteiger partial charge on any atom is 0.410 e. The maximum atomic E-state index is 12.0. The van der Waals surface area contributed by atoms with Crippen LogP contribution in [0.25, 0.3) is 0 Å². The normalized spacial score (nSPS) is 24.7. The van der Waals surface area contributed by atoms with Crippen LogP contribution in [0.1, 0.15) is 38.7 Å². The van der Waals surface area contributed by atoms with Crippen molar-refractivity contribution in [3.05, 3.63) is 23.8 Å². The zero-order valence-electron chi connectivity index (χ0n) is 17.9. The summed E-state index contributed by atoms with van der Waals surface area (Å²) in [6.45, 7) is 9.05. The van der Waals surface area contributed by atoms with Crippen molar-refractivity contribution in [2.75, 3.05) is 39.4 Å².